The molecule has 0 saturated carbocycles. The molecule has 5 nitrogen and oxygen atoms in total. The zero-order valence-corrected chi connectivity index (χ0v) is 15.0. The highest BCUT2D eigenvalue weighted by Gasteiger charge is 2.22. The molecule has 1 aliphatic rings. The zero-order valence-electron chi connectivity index (χ0n) is 15.0. The standard InChI is InChI=1S/C21H24N2O3/c1-26-21(25)18-10-5-9-17(13-18)20(24)22-19-11-6-12-23(15-19)14-16-7-3-2-4-8-16/h2-5,7-10,13,19H,6,11-12,14-15H2,1H3,(H,22,24). The Balaban J connectivity index is 1.59. The normalized spacial score (nSPS) is 17.5. The van der Waals surface area contributed by atoms with E-state index in [9.17, 15) is 9.59 Å². The molecule has 136 valence electrons. The van der Waals surface area contributed by atoms with Crippen LogP contribution in [-0.4, -0.2) is 43.0 Å². The minimum absolute atomic E-state index is 0.113. The molecule has 1 unspecified atom stereocenters. The average Bonchev–Trinajstić information content (AvgIpc) is 2.68. The molecular formula is C21H24N2O3. The fourth-order valence-electron chi connectivity index (χ4n) is 3.33. The van der Waals surface area contributed by atoms with Crippen molar-refractivity contribution in [2.24, 2.45) is 0 Å². The first-order chi connectivity index (χ1) is 12.7. The largest absolute Gasteiger partial charge is 0.465 e. The summed E-state index contributed by atoms with van der Waals surface area (Å²) in [6.07, 6.45) is 2.02. The van der Waals surface area contributed by atoms with E-state index in [1.165, 1.54) is 12.7 Å². The SMILES string of the molecule is COC(=O)c1cccc(C(=O)NC2CCCN(Cc3ccccc3)C2)c1. The van der Waals surface area contributed by atoms with Crippen LogP contribution >= 0.6 is 0 Å². The summed E-state index contributed by atoms with van der Waals surface area (Å²) in [5.41, 5.74) is 2.15. The van der Waals surface area contributed by atoms with Crippen molar-refractivity contribution < 1.29 is 14.3 Å². The second kappa shape index (κ2) is 8.63. The van der Waals surface area contributed by atoms with Crippen LogP contribution in [0.1, 0.15) is 39.1 Å². The predicted molar refractivity (Wildman–Crippen MR) is 100.0 cm³/mol. The molecular weight excluding hydrogens is 328 g/mol. The lowest BCUT2D eigenvalue weighted by Gasteiger charge is -2.33. The van der Waals surface area contributed by atoms with E-state index in [4.69, 9.17) is 4.74 Å². The van der Waals surface area contributed by atoms with Gasteiger partial charge in [-0.05, 0) is 43.1 Å². The summed E-state index contributed by atoms with van der Waals surface area (Å²) in [6.45, 7) is 2.77. The third-order valence-corrected chi connectivity index (χ3v) is 4.64. The first-order valence-electron chi connectivity index (χ1n) is 8.91. The fourth-order valence-corrected chi connectivity index (χ4v) is 3.33. The molecule has 26 heavy (non-hydrogen) atoms. The summed E-state index contributed by atoms with van der Waals surface area (Å²) < 4.78 is 4.71. The number of ether oxygens (including phenoxy) is 1. The van der Waals surface area contributed by atoms with Gasteiger partial charge in [0, 0.05) is 24.7 Å². The van der Waals surface area contributed by atoms with Crippen LogP contribution in [0.4, 0.5) is 0 Å². The van der Waals surface area contributed by atoms with Gasteiger partial charge in [-0.3, -0.25) is 9.69 Å². The first kappa shape index (κ1) is 18.1. The number of methoxy groups -OCH3 is 1. The molecule has 3 rings (SSSR count). The number of nitrogens with one attached hydrogen (secondary N) is 1. The van der Waals surface area contributed by atoms with Crippen molar-refractivity contribution in [1.29, 1.82) is 0 Å². The van der Waals surface area contributed by atoms with Crippen molar-refractivity contribution in [3.05, 3.63) is 71.3 Å². The van der Waals surface area contributed by atoms with Crippen molar-refractivity contribution in [2.75, 3.05) is 20.2 Å². The molecule has 2 aromatic rings. The summed E-state index contributed by atoms with van der Waals surface area (Å²) in [7, 11) is 1.33. The maximum absolute atomic E-state index is 12.6. The van der Waals surface area contributed by atoms with Gasteiger partial charge in [-0.25, -0.2) is 4.79 Å². The number of amides is 1. The van der Waals surface area contributed by atoms with Gasteiger partial charge in [-0.2, -0.15) is 0 Å². The number of benzene rings is 2. The number of piperidine rings is 1. The molecule has 1 saturated heterocycles. The average molecular weight is 352 g/mol. The van der Waals surface area contributed by atoms with Crippen molar-refractivity contribution in [1.82, 2.24) is 10.2 Å². The molecule has 1 atom stereocenters. The zero-order chi connectivity index (χ0) is 18.4. The Morgan fingerprint density at radius 1 is 1.12 bits per heavy atom. The molecule has 1 aliphatic heterocycles. The van der Waals surface area contributed by atoms with Gasteiger partial charge in [-0.1, -0.05) is 36.4 Å². The molecule has 1 amide bonds. The van der Waals surface area contributed by atoms with Gasteiger partial charge in [0.05, 0.1) is 12.7 Å². The predicted octanol–water partition coefficient (Wildman–Crippen LogP) is 2.87. The smallest absolute Gasteiger partial charge is 0.337 e. The van der Waals surface area contributed by atoms with E-state index in [1.54, 1.807) is 24.3 Å². The quantitative estimate of drug-likeness (QED) is 0.841. The summed E-state index contributed by atoms with van der Waals surface area (Å²) in [5, 5.41) is 3.10. The van der Waals surface area contributed by atoms with Crippen LogP contribution in [0, 0.1) is 0 Å². The van der Waals surface area contributed by atoms with E-state index in [0.717, 1.165) is 32.5 Å². The molecule has 1 fully saturated rings. The Bertz CT molecular complexity index is 761. The van der Waals surface area contributed by atoms with Crippen LogP contribution in [0.3, 0.4) is 0 Å². The van der Waals surface area contributed by atoms with E-state index in [2.05, 4.69) is 22.3 Å². The van der Waals surface area contributed by atoms with E-state index in [0.29, 0.717) is 11.1 Å². The molecule has 5 heteroatoms. The van der Waals surface area contributed by atoms with Gasteiger partial charge in [0.25, 0.3) is 5.91 Å². The highest BCUT2D eigenvalue weighted by atomic mass is 16.5. The van der Waals surface area contributed by atoms with Crippen LogP contribution in [0.15, 0.2) is 54.6 Å². The van der Waals surface area contributed by atoms with E-state index in [1.807, 2.05) is 18.2 Å². The van der Waals surface area contributed by atoms with Gasteiger partial charge < -0.3 is 10.1 Å². The molecule has 2 aromatic carbocycles. The van der Waals surface area contributed by atoms with Crippen LogP contribution in [0.5, 0.6) is 0 Å². The highest BCUT2D eigenvalue weighted by Crippen LogP contribution is 2.15. The topological polar surface area (TPSA) is 58.6 Å². The lowest BCUT2D eigenvalue weighted by molar-refractivity contribution is 0.0600. The number of carbonyl (C=O) groups is 2. The van der Waals surface area contributed by atoms with Crippen LogP contribution in [-0.2, 0) is 11.3 Å². The molecule has 0 bridgehead atoms. The summed E-state index contributed by atoms with van der Waals surface area (Å²) in [4.78, 5) is 26.6. The molecule has 1 heterocycles. The summed E-state index contributed by atoms with van der Waals surface area (Å²) >= 11 is 0. The number of carbonyl (C=O) groups excluding carboxylic acids is 2. The third-order valence-electron chi connectivity index (χ3n) is 4.64. The van der Waals surface area contributed by atoms with E-state index in [-0.39, 0.29) is 11.9 Å². The first-order valence-corrected chi connectivity index (χ1v) is 8.91. The van der Waals surface area contributed by atoms with Crippen LogP contribution in [0.25, 0.3) is 0 Å². The van der Waals surface area contributed by atoms with Crippen LogP contribution in [0.2, 0.25) is 0 Å². The maximum Gasteiger partial charge on any atom is 0.337 e. The second-order valence-electron chi connectivity index (χ2n) is 6.61. The summed E-state index contributed by atoms with van der Waals surface area (Å²) in [5.74, 6) is -0.589. The van der Waals surface area contributed by atoms with Gasteiger partial charge in [-0.15, -0.1) is 0 Å². The maximum atomic E-state index is 12.6. The lowest BCUT2D eigenvalue weighted by Crippen LogP contribution is -2.47. The number of likely N-dealkylation sites (tertiary alicyclic amines) is 1. The Morgan fingerprint density at radius 2 is 1.88 bits per heavy atom. The summed E-state index contributed by atoms with van der Waals surface area (Å²) in [6, 6.07) is 17.1. The van der Waals surface area contributed by atoms with Gasteiger partial charge in [0.15, 0.2) is 0 Å². The Labute approximate surface area is 154 Å². The number of nitrogens with zero attached hydrogens (tertiary/aromatic N) is 1. The van der Waals surface area contributed by atoms with E-state index >= 15 is 0 Å². The third kappa shape index (κ3) is 4.70. The van der Waals surface area contributed by atoms with Crippen molar-refractivity contribution in [3.63, 3.8) is 0 Å². The fraction of sp³-hybridized carbons (Fsp3) is 0.333. The highest BCUT2D eigenvalue weighted by molar-refractivity contribution is 5.98. The molecule has 0 aromatic heterocycles. The minimum Gasteiger partial charge on any atom is -0.465 e. The van der Waals surface area contributed by atoms with Gasteiger partial charge >= 0.3 is 5.97 Å². The number of rotatable bonds is 5. The molecule has 0 radical (unpaired) electrons. The minimum atomic E-state index is -0.439. The van der Waals surface area contributed by atoms with E-state index < -0.39 is 5.97 Å². The lowest BCUT2D eigenvalue weighted by atomic mass is 10.0. The number of hydrogen-bond donors (Lipinski definition) is 1. The number of hydrogen-bond acceptors (Lipinski definition) is 4. The monoisotopic (exact) mass is 352 g/mol. The Kier molecular flexibility index (Phi) is 6.02. The Hall–Kier alpha value is -2.66. The Morgan fingerprint density at radius 3 is 2.65 bits per heavy atom. The van der Waals surface area contributed by atoms with Gasteiger partial charge in [0.2, 0.25) is 0 Å². The van der Waals surface area contributed by atoms with Crippen molar-refractivity contribution in [3.8, 4) is 0 Å². The van der Waals surface area contributed by atoms with Crippen molar-refractivity contribution >= 4 is 11.9 Å². The molecule has 0 spiro atoms. The second-order valence-corrected chi connectivity index (χ2v) is 6.61. The van der Waals surface area contributed by atoms with Gasteiger partial charge in [0.1, 0.15) is 0 Å². The van der Waals surface area contributed by atoms with Crippen molar-refractivity contribution in [2.45, 2.75) is 25.4 Å². The number of esters is 1. The van der Waals surface area contributed by atoms with Crippen LogP contribution < -0.4 is 5.32 Å². The molecule has 0 aliphatic carbocycles. The molecule has 1 N–H and O–H groups in total.